The number of amides is 1. The molecule has 0 spiro atoms. The molecule has 0 aromatic carbocycles. The molecule has 1 heterocycles. The number of rotatable bonds is 1. The first kappa shape index (κ1) is 9.71. The molecule has 0 aromatic rings. The Balaban J connectivity index is 2.45. The fraction of sp³-hybridized carbons (Fsp3) is 0.875. The Bertz CT molecular complexity index is 193. The second-order valence-corrected chi connectivity index (χ2v) is 4.63. The van der Waals surface area contributed by atoms with Crippen LogP contribution in [0.25, 0.3) is 0 Å². The molecule has 1 amide bonds. The van der Waals surface area contributed by atoms with Gasteiger partial charge in [0.05, 0.1) is 0 Å². The van der Waals surface area contributed by atoms with Crippen molar-refractivity contribution in [2.45, 2.75) is 19.8 Å². The molecule has 70 valence electrons. The molecule has 0 saturated carbocycles. The molecule has 1 unspecified atom stereocenters. The van der Waals surface area contributed by atoms with Gasteiger partial charge in [0.1, 0.15) is 0 Å². The first-order valence-electron chi connectivity index (χ1n) is 4.36. The monoisotopic (exact) mass is 189 g/mol. The summed E-state index contributed by atoms with van der Waals surface area (Å²) in [5.41, 5.74) is 0. The molecule has 0 radical (unpaired) electrons. The van der Waals surface area contributed by atoms with Crippen molar-refractivity contribution in [2.75, 3.05) is 24.6 Å². The highest BCUT2D eigenvalue weighted by Crippen LogP contribution is 2.03. The molecule has 4 heteroatoms. The lowest BCUT2D eigenvalue weighted by molar-refractivity contribution is -0.130. The van der Waals surface area contributed by atoms with Gasteiger partial charge in [0.25, 0.3) is 0 Å². The number of carbonyl (C=O) groups is 1. The van der Waals surface area contributed by atoms with Gasteiger partial charge >= 0.3 is 0 Å². The van der Waals surface area contributed by atoms with Crippen LogP contribution in [0.3, 0.4) is 0 Å². The van der Waals surface area contributed by atoms with Gasteiger partial charge in [0.15, 0.2) is 0 Å². The molecular weight excluding hydrogens is 174 g/mol. The fourth-order valence-electron chi connectivity index (χ4n) is 1.32. The Morgan fingerprint density at radius 3 is 2.83 bits per heavy atom. The average molecular weight is 189 g/mol. The maximum atomic E-state index is 11.3. The van der Waals surface area contributed by atoms with Crippen LogP contribution in [0, 0.1) is 0 Å². The van der Waals surface area contributed by atoms with Crippen molar-refractivity contribution >= 4 is 16.7 Å². The second-order valence-electron chi connectivity index (χ2n) is 2.94. The van der Waals surface area contributed by atoms with Crippen LogP contribution < -0.4 is 0 Å². The summed E-state index contributed by atoms with van der Waals surface area (Å²) >= 11 is 0. The zero-order valence-corrected chi connectivity index (χ0v) is 8.23. The first-order chi connectivity index (χ1) is 5.74. The predicted molar refractivity (Wildman–Crippen MR) is 49.4 cm³/mol. The van der Waals surface area contributed by atoms with Gasteiger partial charge in [0, 0.05) is 41.8 Å². The minimum Gasteiger partial charge on any atom is -0.342 e. The van der Waals surface area contributed by atoms with Gasteiger partial charge in [-0.25, -0.2) is 0 Å². The third kappa shape index (κ3) is 2.59. The van der Waals surface area contributed by atoms with Gasteiger partial charge in [-0.15, -0.1) is 0 Å². The predicted octanol–water partition coefficient (Wildman–Crippen LogP) is 0.377. The minimum absolute atomic E-state index is 0.189. The highest BCUT2D eigenvalue weighted by molar-refractivity contribution is 7.85. The van der Waals surface area contributed by atoms with Crippen LogP contribution in [0.15, 0.2) is 0 Å². The van der Waals surface area contributed by atoms with Crippen molar-refractivity contribution in [3.8, 4) is 0 Å². The van der Waals surface area contributed by atoms with E-state index in [1.807, 2.05) is 11.8 Å². The highest BCUT2D eigenvalue weighted by atomic mass is 32.2. The maximum Gasteiger partial charge on any atom is 0.222 e. The van der Waals surface area contributed by atoms with E-state index in [1.54, 1.807) is 0 Å². The molecule has 0 bridgehead atoms. The van der Waals surface area contributed by atoms with Crippen molar-refractivity contribution in [3.63, 3.8) is 0 Å². The quantitative estimate of drug-likeness (QED) is 0.598. The smallest absolute Gasteiger partial charge is 0.222 e. The van der Waals surface area contributed by atoms with E-state index in [9.17, 15) is 9.00 Å². The largest absolute Gasteiger partial charge is 0.342 e. The maximum absolute atomic E-state index is 11.3. The lowest BCUT2D eigenvalue weighted by Crippen LogP contribution is -2.32. The fourth-order valence-corrected chi connectivity index (χ4v) is 2.39. The Morgan fingerprint density at radius 1 is 1.42 bits per heavy atom. The third-order valence-corrected chi connectivity index (χ3v) is 3.43. The number of hydrogen-bond acceptors (Lipinski definition) is 2. The molecule has 0 aliphatic carbocycles. The Labute approximate surface area is 75.6 Å². The van der Waals surface area contributed by atoms with Gasteiger partial charge in [-0.05, 0) is 6.42 Å². The standard InChI is InChI=1S/C8H15NO2S/c1-2-8(10)9-4-3-6-12(11)7-5-9/h2-7H2,1H3. The highest BCUT2D eigenvalue weighted by Gasteiger charge is 2.15. The van der Waals surface area contributed by atoms with Crippen LogP contribution >= 0.6 is 0 Å². The zero-order chi connectivity index (χ0) is 8.97. The summed E-state index contributed by atoms with van der Waals surface area (Å²) in [7, 11) is -0.691. The van der Waals surface area contributed by atoms with Gasteiger partial charge < -0.3 is 4.90 Å². The van der Waals surface area contributed by atoms with Crippen molar-refractivity contribution in [1.82, 2.24) is 4.90 Å². The molecule has 1 aliphatic heterocycles. The molecule has 12 heavy (non-hydrogen) atoms. The van der Waals surface area contributed by atoms with Crippen molar-refractivity contribution < 1.29 is 9.00 Å². The van der Waals surface area contributed by atoms with Crippen molar-refractivity contribution in [2.24, 2.45) is 0 Å². The lowest BCUT2D eigenvalue weighted by Gasteiger charge is -2.18. The van der Waals surface area contributed by atoms with Crippen molar-refractivity contribution in [1.29, 1.82) is 0 Å². The SMILES string of the molecule is CCC(=O)N1CCCS(=O)CC1. The summed E-state index contributed by atoms with van der Waals surface area (Å²) < 4.78 is 11.1. The summed E-state index contributed by atoms with van der Waals surface area (Å²) in [6.07, 6.45) is 1.45. The Kier molecular flexibility index (Phi) is 3.72. The van der Waals surface area contributed by atoms with E-state index in [2.05, 4.69) is 0 Å². The van der Waals surface area contributed by atoms with Crippen LogP contribution in [-0.2, 0) is 15.6 Å². The van der Waals surface area contributed by atoms with E-state index in [0.29, 0.717) is 18.7 Å². The molecular formula is C8H15NO2S. The molecule has 1 aliphatic rings. The molecule has 0 aromatic heterocycles. The van der Waals surface area contributed by atoms with E-state index in [0.717, 1.165) is 18.7 Å². The van der Waals surface area contributed by atoms with Gasteiger partial charge in [-0.3, -0.25) is 9.00 Å². The van der Waals surface area contributed by atoms with Crippen LogP contribution in [-0.4, -0.2) is 39.6 Å². The number of hydrogen-bond donors (Lipinski definition) is 0. The topological polar surface area (TPSA) is 37.4 Å². The lowest BCUT2D eigenvalue weighted by atomic mass is 10.3. The van der Waals surface area contributed by atoms with Crippen molar-refractivity contribution in [3.05, 3.63) is 0 Å². The van der Waals surface area contributed by atoms with Crippen LogP contribution in [0.1, 0.15) is 19.8 Å². The minimum atomic E-state index is -0.691. The molecule has 1 fully saturated rings. The Hall–Kier alpha value is -0.380. The number of carbonyl (C=O) groups excluding carboxylic acids is 1. The summed E-state index contributed by atoms with van der Waals surface area (Å²) in [6.45, 7) is 3.34. The summed E-state index contributed by atoms with van der Waals surface area (Å²) in [6, 6.07) is 0. The van der Waals surface area contributed by atoms with Gasteiger partial charge in [-0.1, -0.05) is 6.92 Å². The van der Waals surface area contributed by atoms with E-state index in [1.165, 1.54) is 0 Å². The third-order valence-electron chi connectivity index (χ3n) is 2.04. The molecule has 1 saturated heterocycles. The zero-order valence-electron chi connectivity index (χ0n) is 7.41. The molecule has 1 rings (SSSR count). The van der Waals surface area contributed by atoms with E-state index < -0.39 is 10.8 Å². The summed E-state index contributed by atoms with van der Waals surface area (Å²) in [4.78, 5) is 13.1. The summed E-state index contributed by atoms with van der Waals surface area (Å²) in [5, 5.41) is 0. The number of nitrogens with zero attached hydrogens (tertiary/aromatic N) is 1. The normalized spacial score (nSPS) is 25.1. The van der Waals surface area contributed by atoms with Gasteiger partial charge in [-0.2, -0.15) is 0 Å². The van der Waals surface area contributed by atoms with E-state index >= 15 is 0 Å². The molecule has 3 nitrogen and oxygen atoms in total. The van der Waals surface area contributed by atoms with Crippen LogP contribution in [0.4, 0.5) is 0 Å². The van der Waals surface area contributed by atoms with E-state index in [-0.39, 0.29) is 5.91 Å². The molecule has 0 N–H and O–H groups in total. The second kappa shape index (κ2) is 4.60. The van der Waals surface area contributed by atoms with Gasteiger partial charge in [0.2, 0.25) is 5.91 Å². The first-order valence-corrected chi connectivity index (χ1v) is 5.85. The van der Waals surface area contributed by atoms with Crippen LogP contribution in [0.2, 0.25) is 0 Å². The molecule has 1 atom stereocenters. The average Bonchev–Trinajstić information content (AvgIpc) is 2.29. The summed E-state index contributed by atoms with van der Waals surface area (Å²) in [5.74, 6) is 1.60. The van der Waals surface area contributed by atoms with E-state index in [4.69, 9.17) is 0 Å². The van der Waals surface area contributed by atoms with Crippen LogP contribution in [0.5, 0.6) is 0 Å². The Morgan fingerprint density at radius 2 is 2.17 bits per heavy atom.